The van der Waals surface area contributed by atoms with Crippen LogP contribution in [0.3, 0.4) is 0 Å². The van der Waals surface area contributed by atoms with Gasteiger partial charge in [0.05, 0.1) is 38.3 Å². The molecule has 8 heteroatoms. The number of ether oxygens (including phenoxy) is 6. The van der Waals surface area contributed by atoms with Gasteiger partial charge in [0, 0.05) is 0 Å². The van der Waals surface area contributed by atoms with Crippen molar-refractivity contribution < 1.29 is 38.0 Å². The molecule has 0 radical (unpaired) electrons. The lowest BCUT2D eigenvalue weighted by Gasteiger charge is -2.13. The third kappa shape index (κ3) is 8.88. The van der Waals surface area contributed by atoms with Crippen LogP contribution in [0.1, 0.15) is 0 Å². The van der Waals surface area contributed by atoms with E-state index in [-0.39, 0.29) is 37.0 Å². The second kappa shape index (κ2) is 14.7. The summed E-state index contributed by atoms with van der Waals surface area (Å²) in [5.41, 5.74) is 0. The van der Waals surface area contributed by atoms with E-state index in [2.05, 4.69) is 0 Å². The van der Waals surface area contributed by atoms with Crippen molar-refractivity contribution in [2.75, 3.05) is 52.9 Å². The molecule has 0 fully saturated rings. The van der Waals surface area contributed by atoms with Crippen LogP contribution in [0.15, 0.2) is 72.9 Å². The van der Waals surface area contributed by atoms with Gasteiger partial charge in [0.15, 0.2) is 11.5 Å². The number of benzene rings is 1. The van der Waals surface area contributed by atoms with E-state index >= 15 is 0 Å². The van der Waals surface area contributed by atoms with E-state index in [1.54, 1.807) is 24.3 Å². The molecule has 0 aliphatic heterocycles. The van der Waals surface area contributed by atoms with Gasteiger partial charge < -0.3 is 28.4 Å². The van der Waals surface area contributed by atoms with Gasteiger partial charge in [-0.2, -0.15) is 0 Å². The summed E-state index contributed by atoms with van der Waals surface area (Å²) in [6.45, 7) is 2.36. The van der Waals surface area contributed by atoms with Crippen LogP contribution in [0.4, 0.5) is 0 Å². The number of carbonyl (C=O) groups excluding carboxylic acids is 2. The fourth-order valence-corrected chi connectivity index (χ4v) is 3.09. The minimum Gasteiger partial charge on any atom is -0.487 e. The van der Waals surface area contributed by atoms with Crippen LogP contribution in [0.25, 0.3) is 0 Å². The van der Waals surface area contributed by atoms with Gasteiger partial charge in [-0.05, 0) is 12.1 Å². The van der Waals surface area contributed by atoms with Crippen molar-refractivity contribution in [2.24, 2.45) is 11.8 Å². The van der Waals surface area contributed by atoms with E-state index < -0.39 is 0 Å². The Morgan fingerprint density at radius 3 is 1.35 bits per heavy atom. The molecule has 2 aliphatic rings. The fraction of sp³-hybridized carbons (Fsp3) is 0.385. The fourth-order valence-electron chi connectivity index (χ4n) is 3.09. The molecule has 0 aromatic heterocycles. The second-order valence-corrected chi connectivity index (χ2v) is 7.29. The highest BCUT2D eigenvalue weighted by molar-refractivity contribution is 5.78. The van der Waals surface area contributed by atoms with Gasteiger partial charge in [0.25, 0.3) is 0 Å². The Morgan fingerprint density at radius 2 is 0.941 bits per heavy atom. The first-order valence-electron chi connectivity index (χ1n) is 11.3. The van der Waals surface area contributed by atoms with Crippen molar-refractivity contribution in [1.82, 2.24) is 0 Å². The van der Waals surface area contributed by atoms with Crippen LogP contribution in [-0.4, -0.2) is 64.8 Å². The van der Waals surface area contributed by atoms with Gasteiger partial charge >= 0.3 is 11.9 Å². The zero-order chi connectivity index (χ0) is 23.8. The van der Waals surface area contributed by atoms with E-state index in [0.29, 0.717) is 51.1 Å². The third-order valence-corrected chi connectivity index (χ3v) is 4.80. The predicted octanol–water partition coefficient (Wildman–Crippen LogP) is 3.05. The van der Waals surface area contributed by atoms with Crippen LogP contribution < -0.4 is 9.47 Å². The zero-order valence-electron chi connectivity index (χ0n) is 19.0. The first kappa shape index (κ1) is 25.3. The van der Waals surface area contributed by atoms with Crippen molar-refractivity contribution in [1.29, 1.82) is 0 Å². The second-order valence-electron chi connectivity index (χ2n) is 7.29. The Bertz CT molecular complexity index is 805. The Hall–Kier alpha value is -3.36. The van der Waals surface area contributed by atoms with Crippen LogP contribution >= 0.6 is 0 Å². The van der Waals surface area contributed by atoms with Gasteiger partial charge in [-0.15, -0.1) is 0 Å². The van der Waals surface area contributed by atoms with Gasteiger partial charge in [0.2, 0.25) is 0 Å². The zero-order valence-corrected chi connectivity index (χ0v) is 19.0. The highest BCUT2D eigenvalue weighted by Gasteiger charge is 2.16. The lowest BCUT2D eigenvalue weighted by molar-refractivity contribution is -0.147. The van der Waals surface area contributed by atoms with E-state index in [1.807, 2.05) is 48.6 Å². The molecule has 0 amide bonds. The molecule has 1 aromatic carbocycles. The minimum atomic E-state index is -0.292. The number of carbonyl (C=O) groups is 2. The molecule has 0 N–H and O–H groups in total. The molecule has 0 saturated heterocycles. The molecule has 0 unspecified atom stereocenters. The van der Waals surface area contributed by atoms with E-state index in [0.717, 1.165) is 0 Å². The molecule has 8 nitrogen and oxygen atoms in total. The highest BCUT2D eigenvalue weighted by Crippen LogP contribution is 2.26. The molecule has 3 rings (SSSR count). The molecular weight excluding hydrogens is 440 g/mol. The predicted molar refractivity (Wildman–Crippen MR) is 125 cm³/mol. The maximum absolute atomic E-state index is 11.7. The van der Waals surface area contributed by atoms with E-state index in [4.69, 9.17) is 28.4 Å². The summed E-state index contributed by atoms with van der Waals surface area (Å²) in [5, 5.41) is 0. The van der Waals surface area contributed by atoms with Crippen LogP contribution in [0.5, 0.6) is 11.5 Å². The molecule has 2 aliphatic carbocycles. The lowest BCUT2D eigenvalue weighted by Crippen LogP contribution is -2.17. The third-order valence-electron chi connectivity index (χ3n) is 4.80. The van der Waals surface area contributed by atoms with Crippen molar-refractivity contribution in [3.05, 3.63) is 72.9 Å². The average molecular weight is 471 g/mol. The van der Waals surface area contributed by atoms with Gasteiger partial charge in [-0.1, -0.05) is 60.7 Å². The Morgan fingerprint density at radius 1 is 0.559 bits per heavy atom. The van der Waals surface area contributed by atoms with Gasteiger partial charge in [-0.3, -0.25) is 9.59 Å². The van der Waals surface area contributed by atoms with E-state index in [1.165, 1.54) is 0 Å². The first-order valence-corrected chi connectivity index (χ1v) is 11.3. The summed E-state index contributed by atoms with van der Waals surface area (Å²) in [5.74, 6) is 0.0620. The van der Waals surface area contributed by atoms with E-state index in [9.17, 15) is 9.59 Å². The summed E-state index contributed by atoms with van der Waals surface area (Å²) in [4.78, 5) is 23.5. The quantitative estimate of drug-likeness (QED) is 0.269. The Kier molecular flexibility index (Phi) is 10.9. The first-order chi connectivity index (χ1) is 16.7. The largest absolute Gasteiger partial charge is 0.487 e. The van der Waals surface area contributed by atoms with Crippen molar-refractivity contribution >= 4 is 11.9 Å². The summed E-state index contributed by atoms with van der Waals surface area (Å²) >= 11 is 0. The van der Waals surface area contributed by atoms with Gasteiger partial charge in [0.1, 0.15) is 26.4 Å². The molecule has 0 bridgehead atoms. The Labute approximate surface area is 199 Å². The standard InChI is InChI=1S/C26H30O8/c27-25(21-7-1-2-8-21)33-19-15-29-13-17-31-23-11-5-6-12-24(23)32-18-14-30-16-20-34-26(28)22-9-3-4-10-22/h1-12,21-22H,13-20H2. The number of rotatable bonds is 16. The molecular formula is C26H30O8. The number of para-hydroxylation sites is 2. The summed E-state index contributed by atoms with van der Waals surface area (Å²) in [6.07, 6.45) is 14.4. The molecule has 182 valence electrons. The SMILES string of the molecule is O=C(OCCOCCOc1ccccc1OCCOCCOC(=O)C1C=CC=C1)C1C=CC=C1. The smallest absolute Gasteiger partial charge is 0.316 e. The normalized spacial score (nSPS) is 14.6. The van der Waals surface area contributed by atoms with Crippen molar-refractivity contribution in [3.63, 3.8) is 0 Å². The maximum atomic E-state index is 11.7. The summed E-state index contributed by atoms with van der Waals surface area (Å²) < 4.78 is 32.7. The monoisotopic (exact) mass is 470 g/mol. The Balaban J connectivity index is 1.20. The van der Waals surface area contributed by atoms with Crippen molar-refractivity contribution in [3.8, 4) is 11.5 Å². The summed E-state index contributed by atoms with van der Waals surface area (Å²) in [7, 11) is 0. The minimum absolute atomic E-state index is 0.199. The molecule has 0 heterocycles. The lowest BCUT2D eigenvalue weighted by atomic mass is 10.2. The average Bonchev–Trinajstić information content (AvgIpc) is 3.58. The van der Waals surface area contributed by atoms with Crippen LogP contribution in [0, 0.1) is 11.8 Å². The maximum Gasteiger partial charge on any atom is 0.316 e. The number of hydrogen-bond acceptors (Lipinski definition) is 8. The summed E-state index contributed by atoms with van der Waals surface area (Å²) in [6, 6.07) is 7.33. The topological polar surface area (TPSA) is 89.5 Å². The molecule has 0 saturated carbocycles. The number of allylic oxidation sites excluding steroid dienone is 4. The molecule has 1 aromatic rings. The highest BCUT2D eigenvalue weighted by atomic mass is 16.6. The molecule has 0 atom stereocenters. The number of hydrogen-bond donors (Lipinski definition) is 0. The van der Waals surface area contributed by atoms with Crippen LogP contribution in [-0.2, 0) is 28.5 Å². The van der Waals surface area contributed by atoms with Gasteiger partial charge in [-0.25, -0.2) is 0 Å². The van der Waals surface area contributed by atoms with Crippen molar-refractivity contribution in [2.45, 2.75) is 0 Å². The molecule has 0 spiro atoms. The number of esters is 2. The molecule has 34 heavy (non-hydrogen) atoms. The van der Waals surface area contributed by atoms with Crippen LogP contribution in [0.2, 0.25) is 0 Å².